The summed E-state index contributed by atoms with van der Waals surface area (Å²) in [6.07, 6.45) is 1.78. The van der Waals surface area contributed by atoms with E-state index in [1.165, 1.54) is 24.3 Å². The number of hydrogen-bond acceptors (Lipinski definition) is 6. The van der Waals surface area contributed by atoms with E-state index in [0.717, 1.165) is 12.8 Å². The van der Waals surface area contributed by atoms with Gasteiger partial charge in [0.2, 0.25) is 21.7 Å². The second kappa shape index (κ2) is 11.4. The molecule has 2 fully saturated rings. The van der Waals surface area contributed by atoms with Gasteiger partial charge in [-0.2, -0.15) is 0 Å². The van der Waals surface area contributed by atoms with Crippen molar-refractivity contribution in [3.05, 3.63) is 97.1 Å². The Balaban J connectivity index is 1.03. The Hall–Kier alpha value is -4.63. The molecule has 0 spiro atoms. The second-order valence-electron chi connectivity index (χ2n) is 13.2. The summed E-state index contributed by atoms with van der Waals surface area (Å²) in [5.41, 5.74) is 1.52. The Kier molecular flexibility index (Phi) is 7.69. The Morgan fingerprint density at radius 2 is 0.822 bits per heavy atom. The summed E-state index contributed by atoms with van der Waals surface area (Å²) >= 11 is 0. The third kappa shape index (κ3) is 6.88. The van der Waals surface area contributed by atoms with Crippen molar-refractivity contribution in [2.24, 2.45) is 22.7 Å². The summed E-state index contributed by atoms with van der Waals surface area (Å²) in [6, 6.07) is 26.6. The van der Waals surface area contributed by atoms with Gasteiger partial charge in [0.25, 0.3) is 0 Å². The molecule has 2 unspecified atom stereocenters. The number of benzene rings is 4. The maximum absolute atomic E-state index is 13.3. The second-order valence-corrected chi connectivity index (χ2v) is 15.1. The Morgan fingerprint density at radius 3 is 1.09 bits per heavy atom. The van der Waals surface area contributed by atoms with Crippen LogP contribution in [0.4, 0.5) is 11.4 Å². The zero-order valence-corrected chi connectivity index (χ0v) is 26.5. The number of sulfone groups is 1. The van der Waals surface area contributed by atoms with Crippen molar-refractivity contribution < 1.29 is 27.5 Å². The molecule has 4 aromatic rings. The quantitative estimate of drug-likeness (QED) is 0.185. The molecule has 2 atom stereocenters. The third-order valence-corrected chi connectivity index (χ3v) is 10.4. The van der Waals surface area contributed by atoms with Gasteiger partial charge in [-0.3, -0.25) is 9.59 Å². The van der Waals surface area contributed by atoms with Crippen molar-refractivity contribution in [2.45, 2.75) is 50.3 Å². The van der Waals surface area contributed by atoms with Gasteiger partial charge >= 0.3 is 0 Å². The minimum atomic E-state index is -3.76. The lowest BCUT2D eigenvalue weighted by atomic mass is 10.1. The summed E-state index contributed by atoms with van der Waals surface area (Å²) < 4.78 is 38.3. The van der Waals surface area contributed by atoms with Gasteiger partial charge in [-0.1, -0.05) is 27.7 Å². The number of carbonyl (C=O) groups is 2. The van der Waals surface area contributed by atoms with Gasteiger partial charge in [-0.15, -0.1) is 0 Å². The minimum absolute atomic E-state index is 0.0263. The molecular formula is C36H36N2O6S. The summed E-state index contributed by atoms with van der Waals surface area (Å²) in [6.45, 7) is 8.33. The van der Waals surface area contributed by atoms with Crippen LogP contribution in [0.3, 0.4) is 0 Å². The van der Waals surface area contributed by atoms with Gasteiger partial charge in [-0.05, 0) is 121 Å². The maximum Gasteiger partial charge on any atom is 0.228 e. The highest BCUT2D eigenvalue weighted by atomic mass is 32.2. The number of amides is 2. The molecule has 2 saturated carbocycles. The highest BCUT2D eigenvalue weighted by Gasteiger charge is 2.51. The van der Waals surface area contributed by atoms with Crippen LogP contribution in [0.15, 0.2) is 107 Å². The van der Waals surface area contributed by atoms with E-state index >= 15 is 0 Å². The standard InChI is InChI=1S/C36H36N2O6S/c1-35(2)21-31(35)33(39)37-23-5-9-25(10-6-23)43-27-13-17-29(18-14-27)45(41,42)30-19-15-28(16-20-30)44-26-11-7-24(8-12-26)38-34(40)32-22-36(32,3)4/h5-20,31-32H,21-22H2,1-4H3,(H,37,39)(H,38,40). The van der Waals surface area contributed by atoms with E-state index in [-0.39, 0.29) is 44.3 Å². The maximum atomic E-state index is 13.3. The van der Waals surface area contributed by atoms with Crippen LogP contribution < -0.4 is 20.1 Å². The van der Waals surface area contributed by atoms with Crippen LogP contribution in [-0.2, 0) is 19.4 Å². The molecule has 45 heavy (non-hydrogen) atoms. The molecular weight excluding hydrogens is 588 g/mol. The lowest BCUT2D eigenvalue weighted by Gasteiger charge is -2.11. The van der Waals surface area contributed by atoms with E-state index in [1.807, 2.05) is 0 Å². The number of ether oxygens (including phenoxy) is 2. The van der Waals surface area contributed by atoms with Gasteiger partial charge in [0.1, 0.15) is 23.0 Å². The first-order chi connectivity index (χ1) is 21.3. The van der Waals surface area contributed by atoms with Crippen LogP contribution in [-0.4, -0.2) is 20.2 Å². The van der Waals surface area contributed by atoms with Crippen molar-refractivity contribution in [1.82, 2.24) is 0 Å². The minimum Gasteiger partial charge on any atom is -0.457 e. The molecule has 8 nitrogen and oxygen atoms in total. The van der Waals surface area contributed by atoms with Gasteiger partial charge < -0.3 is 20.1 Å². The van der Waals surface area contributed by atoms with E-state index in [4.69, 9.17) is 9.47 Å². The Bertz CT molecular complexity index is 1700. The van der Waals surface area contributed by atoms with Crippen LogP contribution in [0.25, 0.3) is 0 Å². The molecule has 9 heteroatoms. The molecule has 232 valence electrons. The molecule has 2 aliphatic rings. The topological polar surface area (TPSA) is 111 Å². The smallest absolute Gasteiger partial charge is 0.228 e. The normalized spacial score (nSPS) is 19.2. The van der Waals surface area contributed by atoms with Crippen LogP contribution >= 0.6 is 0 Å². The number of carbonyl (C=O) groups excluding carboxylic acids is 2. The predicted octanol–water partition coefficient (Wildman–Crippen LogP) is 8.07. The van der Waals surface area contributed by atoms with E-state index < -0.39 is 9.84 Å². The molecule has 6 rings (SSSR count). The summed E-state index contributed by atoms with van der Waals surface area (Å²) in [5, 5.41) is 5.88. The molecule has 0 bridgehead atoms. The van der Waals surface area contributed by atoms with Crippen LogP contribution in [0.1, 0.15) is 40.5 Å². The first kappa shape index (κ1) is 30.4. The summed E-state index contributed by atoms with van der Waals surface area (Å²) in [4.78, 5) is 24.9. The van der Waals surface area contributed by atoms with E-state index in [1.54, 1.807) is 72.8 Å². The molecule has 0 saturated heterocycles. The zero-order chi connectivity index (χ0) is 32.0. The molecule has 2 aliphatic carbocycles. The monoisotopic (exact) mass is 624 g/mol. The van der Waals surface area contributed by atoms with Crippen molar-refractivity contribution in [1.29, 1.82) is 0 Å². The van der Waals surface area contributed by atoms with Crippen molar-refractivity contribution in [3.8, 4) is 23.0 Å². The highest BCUT2D eigenvalue weighted by molar-refractivity contribution is 7.91. The van der Waals surface area contributed by atoms with Crippen LogP contribution in [0.5, 0.6) is 23.0 Å². The van der Waals surface area contributed by atoms with Gasteiger partial charge in [0, 0.05) is 23.2 Å². The average Bonchev–Trinajstić information content (AvgIpc) is 3.87. The molecule has 4 aromatic carbocycles. The van der Waals surface area contributed by atoms with Crippen molar-refractivity contribution in [2.75, 3.05) is 10.6 Å². The fourth-order valence-electron chi connectivity index (χ4n) is 5.28. The lowest BCUT2D eigenvalue weighted by Crippen LogP contribution is -2.16. The van der Waals surface area contributed by atoms with Crippen molar-refractivity contribution >= 4 is 33.0 Å². The number of rotatable bonds is 10. The van der Waals surface area contributed by atoms with E-state index in [9.17, 15) is 18.0 Å². The highest BCUT2D eigenvalue weighted by Crippen LogP contribution is 2.52. The van der Waals surface area contributed by atoms with Crippen LogP contribution in [0.2, 0.25) is 0 Å². The number of nitrogens with one attached hydrogen (secondary N) is 2. The molecule has 2 N–H and O–H groups in total. The fraction of sp³-hybridized carbons (Fsp3) is 0.278. The van der Waals surface area contributed by atoms with Crippen LogP contribution in [0, 0.1) is 22.7 Å². The fourth-order valence-corrected chi connectivity index (χ4v) is 6.54. The van der Waals surface area contributed by atoms with Gasteiger partial charge in [-0.25, -0.2) is 8.42 Å². The Morgan fingerprint density at radius 1 is 0.556 bits per heavy atom. The van der Waals surface area contributed by atoms with Gasteiger partial charge in [0.05, 0.1) is 9.79 Å². The molecule has 0 heterocycles. The summed E-state index contributed by atoms with van der Waals surface area (Å²) in [5.74, 6) is 2.23. The molecule has 0 aliphatic heterocycles. The zero-order valence-electron chi connectivity index (χ0n) is 25.7. The van der Waals surface area contributed by atoms with E-state index in [0.29, 0.717) is 34.4 Å². The SMILES string of the molecule is CC1(C)CC1C(=O)Nc1ccc(Oc2ccc(S(=O)(=O)c3ccc(Oc4ccc(NC(=O)C5CC5(C)C)cc4)cc3)cc2)cc1. The van der Waals surface area contributed by atoms with E-state index in [2.05, 4.69) is 38.3 Å². The predicted molar refractivity (Wildman–Crippen MR) is 172 cm³/mol. The molecule has 0 aromatic heterocycles. The van der Waals surface area contributed by atoms with Gasteiger partial charge in [0.15, 0.2) is 0 Å². The first-order valence-electron chi connectivity index (χ1n) is 14.9. The molecule has 0 radical (unpaired) electrons. The number of anilines is 2. The van der Waals surface area contributed by atoms with Crippen molar-refractivity contribution in [3.63, 3.8) is 0 Å². The lowest BCUT2D eigenvalue weighted by molar-refractivity contribution is -0.118. The molecule has 2 amide bonds. The number of hydrogen-bond donors (Lipinski definition) is 2. The largest absolute Gasteiger partial charge is 0.457 e. The third-order valence-electron chi connectivity index (χ3n) is 8.64. The first-order valence-corrected chi connectivity index (χ1v) is 16.4. The summed E-state index contributed by atoms with van der Waals surface area (Å²) in [7, 11) is -3.76. The Labute approximate surface area is 263 Å². The average molecular weight is 625 g/mol.